The molecule has 1 aromatic rings. The number of hydrogen-bond acceptors (Lipinski definition) is 4. The van der Waals surface area contributed by atoms with Gasteiger partial charge in [-0.05, 0) is 30.7 Å². The van der Waals surface area contributed by atoms with Crippen LogP contribution in [0.5, 0.6) is 0 Å². The van der Waals surface area contributed by atoms with E-state index in [1.54, 1.807) is 18.2 Å². The van der Waals surface area contributed by atoms with Crippen LogP contribution < -0.4 is 0 Å². The third-order valence-corrected chi connectivity index (χ3v) is 5.96. The third-order valence-electron chi connectivity index (χ3n) is 3.12. The van der Waals surface area contributed by atoms with Gasteiger partial charge in [-0.25, -0.2) is 8.42 Å². The molecular weight excluding hydrogens is 334 g/mol. The van der Waals surface area contributed by atoms with Gasteiger partial charge in [0.25, 0.3) is 0 Å². The number of aliphatic hydroxyl groups excluding tert-OH is 1. The van der Waals surface area contributed by atoms with Gasteiger partial charge in [-0.2, -0.15) is 4.31 Å². The number of aliphatic hydroxyl groups is 1. The van der Waals surface area contributed by atoms with Gasteiger partial charge in [0.2, 0.25) is 10.0 Å². The minimum Gasteiger partial charge on any atom is -0.395 e. The fraction of sp³-hybridized carbons (Fsp3) is 0.500. The molecule has 1 saturated heterocycles. The van der Waals surface area contributed by atoms with Crippen LogP contribution in [-0.2, 0) is 14.8 Å². The highest BCUT2D eigenvalue weighted by Gasteiger charge is 2.33. The average molecular weight is 350 g/mol. The Bertz CT molecular complexity index is 561. The molecule has 19 heavy (non-hydrogen) atoms. The summed E-state index contributed by atoms with van der Waals surface area (Å²) >= 11 is 3.35. The summed E-state index contributed by atoms with van der Waals surface area (Å²) in [5.74, 6) is 0. The van der Waals surface area contributed by atoms with Gasteiger partial charge in [-0.1, -0.05) is 15.9 Å². The highest BCUT2D eigenvalue weighted by molar-refractivity contribution is 9.10. The molecule has 1 heterocycles. The number of benzene rings is 1. The van der Waals surface area contributed by atoms with E-state index in [0.717, 1.165) is 10.0 Å². The summed E-state index contributed by atoms with van der Waals surface area (Å²) in [4.78, 5) is 0.244. The molecule has 7 heteroatoms. The molecule has 106 valence electrons. The van der Waals surface area contributed by atoms with Crippen LogP contribution in [0.3, 0.4) is 0 Å². The first-order chi connectivity index (χ1) is 8.96. The highest BCUT2D eigenvalue weighted by Crippen LogP contribution is 2.24. The number of morpholine rings is 1. The number of aryl methyl sites for hydroxylation is 1. The molecule has 0 saturated carbocycles. The molecule has 1 aliphatic rings. The Kier molecular flexibility index (Phi) is 4.62. The molecule has 1 atom stereocenters. The molecule has 1 fully saturated rings. The van der Waals surface area contributed by atoms with E-state index in [0.29, 0.717) is 6.61 Å². The lowest BCUT2D eigenvalue weighted by atomic mass is 10.2. The van der Waals surface area contributed by atoms with E-state index in [9.17, 15) is 13.5 Å². The molecule has 1 N–H and O–H groups in total. The van der Waals surface area contributed by atoms with Crippen molar-refractivity contribution >= 4 is 26.0 Å². The van der Waals surface area contributed by atoms with Gasteiger partial charge in [0.1, 0.15) is 0 Å². The summed E-state index contributed by atoms with van der Waals surface area (Å²) in [5.41, 5.74) is 0.856. The normalized spacial score (nSPS) is 21.5. The number of sulfonamides is 1. The summed E-state index contributed by atoms with van der Waals surface area (Å²) in [6.07, 6.45) is 0. The summed E-state index contributed by atoms with van der Waals surface area (Å²) in [6.45, 7) is 2.44. The maximum absolute atomic E-state index is 12.6. The van der Waals surface area contributed by atoms with Crippen LogP contribution in [0.1, 0.15) is 5.56 Å². The quantitative estimate of drug-likeness (QED) is 0.888. The van der Waals surface area contributed by atoms with Crippen LogP contribution in [0.15, 0.2) is 27.6 Å². The van der Waals surface area contributed by atoms with E-state index >= 15 is 0 Å². The van der Waals surface area contributed by atoms with Crippen LogP contribution in [0.2, 0.25) is 0 Å². The Morgan fingerprint density at radius 1 is 1.53 bits per heavy atom. The molecule has 0 aliphatic carbocycles. The second kappa shape index (κ2) is 5.88. The fourth-order valence-electron chi connectivity index (χ4n) is 2.01. The highest BCUT2D eigenvalue weighted by atomic mass is 79.9. The van der Waals surface area contributed by atoms with E-state index in [4.69, 9.17) is 4.74 Å². The van der Waals surface area contributed by atoms with Crippen LogP contribution >= 0.6 is 15.9 Å². The van der Waals surface area contributed by atoms with Gasteiger partial charge in [-0.15, -0.1) is 0 Å². The zero-order chi connectivity index (χ0) is 14.0. The van der Waals surface area contributed by atoms with Crippen molar-refractivity contribution in [2.75, 3.05) is 26.4 Å². The van der Waals surface area contributed by atoms with E-state index in [1.165, 1.54) is 4.31 Å². The van der Waals surface area contributed by atoms with Gasteiger partial charge in [0.15, 0.2) is 0 Å². The number of hydrogen-bond donors (Lipinski definition) is 1. The van der Waals surface area contributed by atoms with Crippen molar-refractivity contribution in [2.24, 2.45) is 0 Å². The van der Waals surface area contributed by atoms with E-state index in [-0.39, 0.29) is 24.7 Å². The topological polar surface area (TPSA) is 66.8 Å². The van der Waals surface area contributed by atoms with Gasteiger partial charge >= 0.3 is 0 Å². The number of halogens is 1. The lowest BCUT2D eigenvalue weighted by molar-refractivity contribution is 0.0109. The van der Waals surface area contributed by atoms with Crippen LogP contribution in [0.25, 0.3) is 0 Å². The Hall–Kier alpha value is -0.470. The number of ether oxygens (including phenoxy) is 1. The van der Waals surface area contributed by atoms with Crippen LogP contribution in [0, 0.1) is 6.92 Å². The summed E-state index contributed by atoms with van der Waals surface area (Å²) in [7, 11) is -3.59. The third kappa shape index (κ3) is 3.00. The standard InChI is InChI=1S/C12H16BrNO4S/c1-9-6-11(2-3-12(9)13)19(16,17)14-4-5-18-8-10(14)7-15/h2-3,6,10,15H,4-5,7-8H2,1H3. The van der Waals surface area contributed by atoms with E-state index in [1.807, 2.05) is 6.92 Å². The molecule has 1 unspecified atom stereocenters. The van der Waals surface area contributed by atoms with Crippen molar-refractivity contribution in [1.82, 2.24) is 4.31 Å². The largest absolute Gasteiger partial charge is 0.395 e. The van der Waals surface area contributed by atoms with E-state index < -0.39 is 16.1 Å². The molecule has 2 rings (SSSR count). The van der Waals surface area contributed by atoms with Gasteiger partial charge in [-0.3, -0.25) is 0 Å². The number of rotatable bonds is 3. The molecule has 0 spiro atoms. The smallest absolute Gasteiger partial charge is 0.243 e. The molecule has 5 nitrogen and oxygen atoms in total. The summed E-state index contributed by atoms with van der Waals surface area (Å²) in [6, 6.07) is 4.40. The Labute approximate surface area is 121 Å². The van der Waals surface area contributed by atoms with Crippen molar-refractivity contribution in [3.8, 4) is 0 Å². The Morgan fingerprint density at radius 2 is 2.26 bits per heavy atom. The molecule has 1 aliphatic heterocycles. The first-order valence-corrected chi connectivity index (χ1v) is 8.16. The molecule has 0 amide bonds. The predicted molar refractivity (Wildman–Crippen MR) is 74.5 cm³/mol. The van der Waals surface area contributed by atoms with Gasteiger partial charge in [0, 0.05) is 11.0 Å². The van der Waals surface area contributed by atoms with Gasteiger partial charge < -0.3 is 9.84 Å². The van der Waals surface area contributed by atoms with Crippen molar-refractivity contribution < 1.29 is 18.3 Å². The van der Waals surface area contributed by atoms with Crippen molar-refractivity contribution in [2.45, 2.75) is 17.9 Å². The van der Waals surface area contributed by atoms with Crippen molar-refractivity contribution in [3.63, 3.8) is 0 Å². The van der Waals surface area contributed by atoms with Gasteiger partial charge in [0.05, 0.1) is 30.8 Å². The van der Waals surface area contributed by atoms with Crippen LogP contribution in [-0.4, -0.2) is 50.2 Å². The maximum atomic E-state index is 12.6. The minimum absolute atomic E-state index is 0.227. The minimum atomic E-state index is -3.59. The van der Waals surface area contributed by atoms with E-state index in [2.05, 4.69) is 15.9 Å². The van der Waals surface area contributed by atoms with Crippen molar-refractivity contribution in [1.29, 1.82) is 0 Å². The maximum Gasteiger partial charge on any atom is 0.243 e. The van der Waals surface area contributed by atoms with Crippen molar-refractivity contribution in [3.05, 3.63) is 28.2 Å². The molecular formula is C12H16BrNO4S. The molecule has 0 radical (unpaired) electrons. The second-order valence-corrected chi connectivity index (χ2v) is 7.18. The fourth-order valence-corrected chi connectivity index (χ4v) is 3.93. The average Bonchev–Trinajstić information content (AvgIpc) is 2.41. The molecule has 0 aromatic heterocycles. The SMILES string of the molecule is Cc1cc(S(=O)(=O)N2CCOCC2CO)ccc1Br. The monoisotopic (exact) mass is 349 g/mol. The second-order valence-electron chi connectivity index (χ2n) is 4.44. The first-order valence-electron chi connectivity index (χ1n) is 5.93. The first kappa shape index (κ1) is 14.9. The number of nitrogens with zero attached hydrogens (tertiary/aromatic N) is 1. The zero-order valence-corrected chi connectivity index (χ0v) is 12.9. The molecule has 0 bridgehead atoms. The predicted octanol–water partition coefficient (Wildman–Crippen LogP) is 1.14. The Balaban J connectivity index is 2.37. The lowest BCUT2D eigenvalue weighted by Crippen LogP contribution is -2.50. The Morgan fingerprint density at radius 3 is 2.89 bits per heavy atom. The summed E-state index contributed by atoms with van der Waals surface area (Å²) < 4.78 is 32.5. The lowest BCUT2D eigenvalue weighted by Gasteiger charge is -2.33. The summed E-state index contributed by atoms with van der Waals surface area (Å²) in [5, 5.41) is 9.28. The van der Waals surface area contributed by atoms with Crippen LogP contribution in [0.4, 0.5) is 0 Å². The molecule has 1 aromatic carbocycles. The zero-order valence-electron chi connectivity index (χ0n) is 10.5.